The molecule has 0 radical (unpaired) electrons. The predicted octanol–water partition coefficient (Wildman–Crippen LogP) is 2.77. The van der Waals surface area contributed by atoms with Gasteiger partial charge in [-0.15, -0.1) is 24.0 Å². The Morgan fingerprint density at radius 3 is 2.55 bits per heavy atom. The highest BCUT2D eigenvalue weighted by Gasteiger charge is 2.42. The third kappa shape index (κ3) is 6.94. The molecule has 1 aromatic rings. The Hall–Kier alpha value is -1.71. The molecule has 0 atom stereocenters. The maximum atomic E-state index is 12.7. The molecular weight excluding hydrogens is 483 g/mol. The van der Waals surface area contributed by atoms with Crippen molar-refractivity contribution in [1.29, 1.82) is 0 Å². The number of phenolic OH excluding ortho intramolecular Hbond substituents is 1. The van der Waals surface area contributed by atoms with Crippen LogP contribution in [0.3, 0.4) is 0 Å². The number of amides is 1. The van der Waals surface area contributed by atoms with Crippen LogP contribution in [-0.2, 0) is 11.2 Å². The zero-order valence-corrected chi connectivity index (χ0v) is 20.3. The molecule has 8 heteroatoms. The highest BCUT2D eigenvalue weighted by Crippen LogP contribution is 2.39. The lowest BCUT2D eigenvalue weighted by atomic mass is 9.85. The number of guanidine groups is 1. The summed E-state index contributed by atoms with van der Waals surface area (Å²) in [6.45, 7) is 3.98. The van der Waals surface area contributed by atoms with Crippen LogP contribution in [-0.4, -0.2) is 62.7 Å². The fourth-order valence-electron chi connectivity index (χ4n) is 3.74. The molecule has 0 unspecified atom stereocenters. The van der Waals surface area contributed by atoms with Gasteiger partial charge in [-0.25, -0.2) is 0 Å². The number of benzene rings is 1. The van der Waals surface area contributed by atoms with Crippen molar-refractivity contribution in [2.45, 2.75) is 39.0 Å². The van der Waals surface area contributed by atoms with Crippen molar-refractivity contribution in [3.05, 3.63) is 23.8 Å². The number of phenols is 1. The molecule has 1 aliphatic rings. The van der Waals surface area contributed by atoms with Crippen LogP contribution in [0, 0.1) is 5.41 Å². The smallest absolute Gasteiger partial charge is 0.230 e. The van der Waals surface area contributed by atoms with E-state index in [9.17, 15) is 9.90 Å². The van der Waals surface area contributed by atoms with E-state index in [4.69, 9.17) is 9.73 Å². The minimum atomic E-state index is -0.365. The number of methoxy groups -OCH3 is 1. The molecule has 1 saturated carbocycles. The summed E-state index contributed by atoms with van der Waals surface area (Å²) in [6, 6.07) is 5.36. The molecule has 3 N–H and O–H groups in total. The van der Waals surface area contributed by atoms with Gasteiger partial charge in [0, 0.05) is 27.2 Å². The van der Waals surface area contributed by atoms with E-state index in [1.807, 2.05) is 33.2 Å². The van der Waals surface area contributed by atoms with E-state index in [0.29, 0.717) is 18.8 Å². The number of carbonyl (C=O) groups is 1. The molecule has 0 bridgehead atoms. The maximum Gasteiger partial charge on any atom is 0.230 e. The molecule has 1 aromatic carbocycles. The summed E-state index contributed by atoms with van der Waals surface area (Å²) in [5.74, 6) is 1.52. The zero-order chi connectivity index (χ0) is 20.6. The van der Waals surface area contributed by atoms with Gasteiger partial charge in [0.25, 0.3) is 0 Å². The average Bonchev–Trinajstić information content (AvgIpc) is 3.16. The first kappa shape index (κ1) is 25.3. The summed E-state index contributed by atoms with van der Waals surface area (Å²) in [7, 11) is 5.18. The Kier molecular flexibility index (Phi) is 10.6. The largest absolute Gasteiger partial charge is 0.504 e. The van der Waals surface area contributed by atoms with E-state index in [1.165, 1.54) is 0 Å². The highest BCUT2D eigenvalue weighted by atomic mass is 127. The SMILES string of the molecule is CCNC(=NCC1(C(=O)N(C)C)CCCC1)NCCc1ccc(O)c(OC)c1.I. The Balaban J connectivity index is 0.00000420. The van der Waals surface area contributed by atoms with Gasteiger partial charge >= 0.3 is 0 Å². The van der Waals surface area contributed by atoms with Gasteiger partial charge in [0.2, 0.25) is 5.91 Å². The molecule has 29 heavy (non-hydrogen) atoms. The van der Waals surface area contributed by atoms with E-state index in [-0.39, 0.29) is 41.0 Å². The number of halogens is 1. The molecule has 1 amide bonds. The minimum absolute atomic E-state index is 0. The Morgan fingerprint density at radius 2 is 1.97 bits per heavy atom. The number of hydrogen-bond donors (Lipinski definition) is 3. The van der Waals surface area contributed by atoms with Crippen molar-refractivity contribution < 1.29 is 14.6 Å². The van der Waals surface area contributed by atoms with Gasteiger partial charge in [-0.3, -0.25) is 9.79 Å². The van der Waals surface area contributed by atoms with Crippen LogP contribution < -0.4 is 15.4 Å². The number of aromatic hydroxyl groups is 1. The van der Waals surface area contributed by atoms with Crippen molar-refractivity contribution >= 4 is 35.8 Å². The van der Waals surface area contributed by atoms with Gasteiger partial charge in [-0.2, -0.15) is 0 Å². The normalized spacial score (nSPS) is 15.4. The lowest BCUT2D eigenvalue weighted by Gasteiger charge is -2.29. The van der Waals surface area contributed by atoms with E-state index < -0.39 is 0 Å². The van der Waals surface area contributed by atoms with Crippen LogP contribution in [0.5, 0.6) is 11.5 Å². The quantitative estimate of drug-likeness (QED) is 0.280. The van der Waals surface area contributed by atoms with Crippen LogP contribution in [0.2, 0.25) is 0 Å². The molecule has 0 heterocycles. The Morgan fingerprint density at radius 1 is 1.28 bits per heavy atom. The lowest BCUT2D eigenvalue weighted by molar-refractivity contribution is -0.138. The van der Waals surface area contributed by atoms with E-state index in [2.05, 4.69) is 10.6 Å². The van der Waals surface area contributed by atoms with Crippen LogP contribution in [0.4, 0.5) is 0 Å². The molecular formula is C21H35IN4O3. The molecule has 0 aliphatic heterocycles. The van der Waals surface area contributed by atoms with Gasteiger partial charge in [-0.05, 0) is 43.9 Å². The third-order valence-corrected chi connectivity index (χ3v) is 5.25. The first-order chi connectivity index (χ1) is 13.4. The second-order valence-electron chi connectivity index (χ2n) is 7.57. The summed E-state index contributed by atoms with van der Waals surface area (Å²) in [5.41, 5.74) is 0.698. The summed E-state index contributed by atoms with van der Waals surface area (Å²) in [6.07, 6.45) is 4.74. The molecule has 0 spiro atoms. The number of nitrogens with one attached hydrogen (secondary N) is 2. The monoisotopic (exact) mass is 518 g/mol. The maximum absolute atomic E-state index is 12.7. The molecule has 2 rings (SSSR count). The summed E-state index contributed by atoms with van der Waals surface area (Å²) in [4.78, 5) is 19.1. The molecule has 164 valence electrons. The van der Waals surface area contributed by atoms with Crippen LogP contribution in [0.25, 0.3) is 0 Å². The molecule has 1 fully saturated rings. The predicted molar refractivity (Wildman–Crippen MR) is 127 cm³/mol. The van der Waals surface area contributed by atoms with Crippen molar-refractivity contribution in [3.63, 3.8) is 0 Å². The standard InChI is InChI=1S/C21H34N4O3.HI/c1-5-22-20(23-13-10-16-8-9-17(26)18(14-16)28-4)24-15-21(11-6-7-12-21)19(27)25(2)3;/h8-9,14,26H,5-7,10-13,15H2,1-4H3,(H2,22,23,24);1H. The fraction of sp³-hybridized carbons (Fsp3) is 0.619. The van der Waals surface area contributed by atoms with Gasteiger partial charge in [0.05, 0.1) is 19.1 Å². The highest BCUT2D eigenvalue weighted by molar-refractivity contribution is 14.0. The molecule has 0 saturated heterocycles. The number of rotatable bonds is 8. The van der Waals surface area contributed by atoms with Crippen LogP contribution >= 0.6 is 24.0 Å². The number of carbonyl (C=O) groups excluding carboxylic acids is 1. The van der Waals surface area contributed by atoms with Gasteiger partial charge in [-0.1, -0.05) is 18.9 Å². The van der Waals surface area contributed by atoms with Crippen molar-refractivity contribution in [1.82, 2.24) is 15.5 Å². The van der Waals surface area contributed by atoms with Crippen molar-refractivity contribution in [2.24, 2.45) is 10.4 Å². The van der Waals surface area contributed by atoms with E-state index in [1.54, 1.807) is 18.1 Å². The molecule has 7 nitrogen and oxygen atoms in total. The number of ether oxygens (including phenoxy) is 1. The van der Waals surface area contributed by atoms with Gasteiger partial charge < -0.3 is 25.4 Å². The Bertz CT molecular complexity index is 689. The van der Waals surface area contributed by atoms with E-state index in [0.717, 1.165) is 50.2 Å². The van der Waals surface area contributed by atoms with Crippen molar-refractivity contribution in [2.75, 3.05) is 40.8 Å². The van der Waals surface area contributed by atoms with Crippen LogP contribution in [0.1, 0.15) is 38.2 Å². The zero-order valence-electron chi connectivity index (χ0n) is 18.0. The fourth-order valence-corrected chi connectivity index (χ4v) is 3.74. The number of nitrogens with zero attached hydrogens (tertiary/aromatic N) is 2. The minimum Gasteiger partial charge on any atom is -0.504 e. The second-order valence-corrected chi connectivity index (χ2v) is 7.57. The first-order valence-corrected chi connectivity index (χ1v) is 10.0. The summed E-state index contributed by atoms with van der Waals surface area (Å²) in [5, 5.41) is 16.3. The number of aliphatic imine (C=N–C) groups is 1. The lowest BCUT2D eigenvalue weighted by Crippen LogP contribution is -2.43. The molecule has 0 aromatic heterocycles. The summed E-state index contributed by atoms with van der Waals surface area (Å²) < 4.78 is 5.16. The van der Waals surface area contributed by atoms with E-state index >= 15 is 0 Å². The van der Waals surface area contributed by atoms with Crippen LogP contribution in [0.15, 0.2) is 23.2 Å². The van der Waals surface area contributed by atoms with Crippen molar-refractivity contribution in [3.8, 4) is 11.5 Å². The molecule has 1 aliphatic carbocycles. The second kappa shape index (κ2) is 12.1. The third-order valence-electron chi connectivity index (χ3n) is 5.25. The number of hydrogen-bond acceptors (Lipinski definition) is 4. The van der Waals surface area contributed by atoms with Gasteiger partial charge in [0.1, 0.15) is 0 Å². The topological polar surface area (TPSA) is 86.2 Å². The summed E-state index contributed by atoms with van der Waals surface area (Å²) >= 11 is 0. The van der Waals surface area contributed by atoms with Gasteiger partial charge in [0.15, 0.2) is 17.5 Å². The first-order valence-electron chi connectivity index (χ1n) is 10.0. The Labute approximate surface area is 191 Å². The average molecular weight is 518 g/mol.